The van der Waals surface area contributed by atoms with E-state index in [1.807, 2.05) is 55.5 Å². The first-order chi connectivity index (χ1) is 19.8. The fourth-order valence-corrected chi connectivity index (χ4v) is 5.28. The fourth-order valence-electron chi connectivity index (χ4n) is 5.28. The van der Waals surface area contributed by atoms with Gasteiger partial charge in [0.05, 0.1) is 11.8 Å². The van der Waals surface area contributed by atoms with Crippen LogP contribution >= 0.6 is 0 Å². The fraction of sp³-hybridized carbons (Fsp3) is 0.265. The molecule has 3 aromatic carbocycles. The van der Waals surface area contributed by atoms with Gasteiger partial charge in [0, 0.05) is 23.9 Å². The summed E-state index contributed by atoms with van der Waals surface area (Å²) in [4.78, 5) is 6.01. The van der Waals surface area contributed by atoms with E-state index >= 15 is 0 Å². The molecule has 1 aromatic heterocycles. The lowest BCUT2D eigenvalue weighted by molar-refractivity contribution is -0.137. The number of aromatic nitrogens is 1. The molecule has 3 nitrogen and oxygen atoms in total. The summed E-state index contributed by atoms with van der Waals surface area (Å²) in [5, 5.41) is 0. The van der Waals surface area contributed by atoms with Crippen LogP contribution in [0.1, 0.15) is 52.6 Å². The number of hydrogen-bond acceptors (Lipinski definition) is 3. The van der Waals surface area contributed by atoms with Crippen molar-refractivity contribution in [2.75, 3.05) is 13.1 Å². The highest BCUT2D eigenvalue weighted by Crippen LogP contribution is 2.38. The molecule has 0 saturated carbocycles. The Balaban J connectivity index is 1.52. The minimum atomic E-state index is -4.55. The molecule has 5 rings (SSSR count). The van der Waals surface area contributed by atoms with Gasteiger partial charge in [-0.05, 0) is 78.9 Å². The average molecular weight is 561 g/mol. The Hall–Kier alpha value is -3.97. The summed E-state index contributed by atoms with van der Waals surface area (Å²) < 4.78 is 62.9. The van der Waals surface area contributed by atoms with Gasteiger partial charge in [0.2, 0.25) is 0 Å². The predicted octanol–water partition coefficient (Wildman–Crippen LogP) is 8.95. The monoisotopic (exact) mass is 560 g/mol. The summed E-state index contributed by atoms with van der Waals surface area (Å²) in [6.07, 6.45) is 4.40. The third-order valence-corrected chi connectivity index (χ3v) is 7.44. The van der Waals surface area contributed by atoms with Gasteiger partial charge >= 0.3 is 6.18 Å². The molecule has 7 heteroatoms. The second-order valence-electron chi connectivity index (χ2n) is 10.4. The first kappa shape index (κ1) is 28.6. The van der Waals surface area contributed by atoms with Crippen LogP contribution in [0.3, 0.4) is 0 Å². The van der Waals surface area contributed by atoms with Gasteiger partial charge in [0.15, 0.2) is 0 Å². The lowest BCUT2D eigenvalue weighted by Crippen LogP contribution is -2.29. The van der Waals surface area contributed by atoms with Crippen LogP contribution in [0, 0.1) is 12.7 Å². The highest BCUT2D eigenvalue weighted by atomic mass is 19.4. The quantitative estimate of drug-likeness (QED) is 0.159. The van der Waals surface area contributed by atoms with Crippen molar-refractivity contribution in [3.05, 3.63) is 118 Å². The molecule has 41 heavy (non-hydrogen) atoms. The van der Waals surface area contributed by atoms with Crippen LogP contribution in [-0.2, 0) is 19.3 Å². The van der Waals surface area contributed by atoms with E-state index in [1.165, 1.54) is 30.5 Å². The topological polar surface area (TPSA) is 25.4 Å². The average Bonchev–Trinajstić information content (AvgIpc) is 2.96. The van der Waals surface area contributed by atoms with Gasteiger partial charge in [0.1, 0.15) is 18.2 Å². The van der Waals surface area contributed by atoms with Crippen LogP contribution in [0.4, 0.5) is 17.6 Å². The maximum Gasteiger partial charge on any atom is 0.417 e. The molecule has 0 N–H and O–H groups in total. The zero-order chi connectivity index (χ0) is 28.8. The summed E-state index contributed by atoms with van der Waals surface area (Å²) in [7, 11) is 0. The number of rotatable bonds is 8. The Morgan fingerprint density at radius 3 is 2.37 bits per heavy atom. The van der Waals surface area contributed by atoms with E-state index in [2.05, 4.69) is 9.88 Å². The zero-order valence-electron chi connectivity index (χ0n) is 22.9. The van der Waals surface area contributed by atoms with E-state index in [0.717, 1.165) is 60.8 Å². The van der Waals surface area contributed by atoms with E-state index < -0.39 is 17.6 Å². The zero-order valence-corrected chi connectivity index (χ0v) is 22.9. The number of alkyl halides is 3. The Morgan fingerprint density at radius 1 is 0.878 bits per heavy atom. The summed E-state index contributed by atoms with van der Waals surface area (Å²) in [5.74, 6) is -0.147. The van der Waals surface area contributed by atoms with Crippen molar-refractivity contribution >= 4 is 12.2 Å². The third-order valence-electron chi connectivity index (χ3n) is 7.44. The summed E-state index contributed by atoms with van der Waals surface area (Å²) in [5.41, 5.74) is 4.12. The molecule has 0 amide bonds. The van der Waals surface area contributed by atoms with Crippen LogP contribution < -0.4 is 4.74 Å². The number of halogens is 4. The Kier molecular flexibility index (Phi) is 8.84. The molecule has 0 atom stereocenters. The van der Waals surface area contributed by atoms with Crippen LogP contribution in [0.5, 0.6) is 5.75 Å². The van der Waals surface area contributed by atoms with E-state index in [0.29, 0.717) is 23.4 Å². The molecule has 1 aliphatic heterocycles. The molecule has 0 bridgehead atoms. The Labute approximate surface area is 238 Å². The number of benzene rings is 3. The van der Waals surface area contributed by atoms with Crippen molar-refractivity contribution in [3.63, 3.8) is 0 Å². The van der Waals surface area contributed by atoms with Crippen molar-refractivity contribution in [1.29, 1.82) is 0 Å². The van der Waals surface area contributed by atoms with Crippen LogP contribution in [0.15, 0.2) is 79.1 Å². The summed E-state index contributed by atoms with van der Waals surface area (Å²) in [6, 6.07) is 19.7. The standard InChI is InChI=1S/C34H32F4N2O/c1-24-26(11-8-12-31(24)27-9-4-2-5-10-27)13-14-28-19-33(41-23-25-17-30(35)21-39-20-25)29(18-32(28)34(36,37)38)22-40-15-6-3-7-16-40/h2,4-5,8-14,17-21H,3,6-7,15-16,22-23H2,1H3/b14-13+. The molecule has 0 spiro atoms. The summed E-state index contributed by atoms with van der Waals surface area (Å²) in [6.45, 7) is 3.96. The SMILES string of the molecule is Cc1c(/C=C/c2cc(OCc3cncc(F)c3)c(CN3CCCCC3)cc2C(F)(F)F)cccc1-c1ccccc1. The highest BCUT2D eigenvalue weighted by Gasteiger charge is 2.34. The van der Waals surface area contributed by atoms with E-state index in [-0.39, 0.29) is 12.2 Å². The van der Waals surface area contributed by atoms with Gasteiger partial charge in [-0.2, -0.15) is 13.2 Å². The first-order valence-electron chi connectivity index (χ1n) is 13.8. The van der Waals surface area contributed by atoms with Gasteiger partial charge in [-0.1, -0.05) is 67.1 Å². The molecule has 4 aromatic rings. The summed E-state index contributed by atoms with van der Waals surface area (Å²) >= 11 is 0. The number of pyridine rings is 1. The molecule has 1 saturated heterocycles. The first-order valence-corrected chi connectivity index (χ1v) is 13.8. The van der Waals surface area contributed by atoms with Crippen molar-refractivity contribution in [1.82, 2.24) is 9.88 Å². The number of piperidine rings is 1. The molecule has 1 aliphatic rings. The maximum atomic E-state index is 14.4. The third kappa shape index (κ3) is 7.22. The molecule has 0 unspecified atom stereocenters. The smallest absolute Gasteiger partial charge is 0.417 e. The number of ether oxygens (including phenoxy) is 1. The van der Waals surface area contributed by atoms with Crippen molar-refractivity contribution in [2.24, 2.45) is 0 Å². The van der Waals surface area contributed by atoms with Gasteiger partial charge in [-0.25, -0.2) is 4.39 Å². The second-order valence-corrected chi connectivity index (χ2v) is 10.4. The van der Waals surface area contributed by atoms with E-state index in [4.69, 9.17) is 4.74 Å². The molecule has 212 valence electrons. The number of hydrogen-bond donors (Lipinski definition) is 0. The minimum Gasteiger partial charge on any atom is -0.488 e. The normalized spacial score (nSPS) is 14.5. The molecule has 2 heterocycles. The van der Waals surface area contributed by atoms with Gasteiger partial charge < -0.3 is 4.74 Å². The molecule has 1 fully saturated rings. The largest absolute Gasteiger partial charge is 0.488 e. The van der Waals surface area contributed by atoms with Crippen molar-refractivity contribution in [3.8, 4) is 16.9 Å². The minimum absolute atomic E-state index is 0.00942. The number of nitrogens with zero attached hydrogens (tertiary/aromatic N) is 2. The van der Waals surface area contributed by atoms with Gasteiger partial charge in [-0.15, -0.1) is 0 Å². The molecule has 0 aliphatic carbocycles. The van der Waals surface area contributed by atoms with E-state index in [9.17, 15) is 17.6 Å². The van der Waals surface area contributed by atoms with Crippen LogP contribution in [-0.4, -0.2) is 23.0 Å². The predicted molar refractivity (Wildman–Crippen MR) is 155 cm³/mol. The van der Waals surface area contributed by atoms with Crippen LogP contribution in [0.25, 0.3) is 23.3 Å². The van der Waals surface area contributed by atoms with Crippen molar-refractivity contribution < 1.29 is 22.3 Å². The van der Waals surface area contributed by atoms with Crippen LogP contribution in [0.2, 0.25) is 0 Å². The molecular weight excluding hydrogens is 528 g/mol. The van der Waals surface area contributed by atoms with Crippen molar-refractivity contribution in [2.45, 2.75) is 45.5 Å². The number of likely N-dealkylation sites (tertiary alicyclic amines) is 1. The van der Waals surface area contributed by atoms with Gasteiger partial charge in [0.25, 0.3) is 0 Å². The Morgan fingerprint density at radius 2 is 1.63 bits per heavy atom. The molecular formula is C34H32F4N2O. The second kappa shape index (κ2) is 12.7. The highest BCUT2D eigenvalue weighted by molar-refractivity contribution is 5.78. The lowest BCUT2D eigenvalue weighted by Gasteiger charge is -2.28. The lowest BCUT2D eigenvalue weighted by atomic mass is 9.95. The molecule has 0 radical (unpaired) electrons. The van der Waals surface area contributed by atoms with E-state index in [1.54, 1.807) is 6.08 Å². The Bertz CT molecular complexity index is 1510. The maximum absolute atomic E-state index is 14.4. The van der Waals surface area contributed by atoms with Gasteiger partial charge in [-0.3, -0.25) is 9.88 Å².